The molecule has 8 heteroatoms. The fourth-order valence-electron chi connectivity index (χ4n) is 1.23. The fraction of sp³-hybridized carbons (Fsp3) is 0.300. The summed E-state index contributed by atoms with van der Waals surface area (Å²) < 4.78 is 61.7. The summed E-state index contributed by atoms with van der Waals surface area (Å²) >= 11 is 0. The Morgan fingerprint density at radius 1 is 1.28 bits per heavy atom. The highest BCUT2D eigenvalue weighted by Gasteiger charge is 2.27. The van der Waals surface area contributed by atoms with E-state index < -0.39 is 48.0 Å². The minimum atomic E-state index is -4.47. The second-order valence-electron chi connectivity index (χ2n) is 3.38. The first-order chi connectivity index (χ1) is 8.22. The first-order valence-electron chi connectivity index (χ1n) is 4.74. The number of halogens is 5. The van der Waals surface area contributed by atoms with E-state index in [4.69, 9.17) is 5.11 Å². The van der Waals surface area contributed by atoms with E-state index in [0.29, 0.717) is 6.07 Å². The largest absolute Gasteiger partial charge is 0.478 e. The topological polar surface area (TPSA) is 49.3 Å². The van der Waals surface area contributed by atoms with Crippen molar-refractivity contribution in [2.45, 2.75) is 12.6 Å². The molecular weight excluding hydrogens is 261 g/mol. The molecule has 1 rings (SSSR count). The molecule has 1 aromatic rings. The van der Waals surface area contributed by atoms with E-state index in [1.165, 1.54) is 0 Å². The smallest absolute Gasteiger partial charge is 0.390 e. The second kappa shape index (κ2) is 5.19. The van der Waals surface area contributed by atoms with E-state index in [1.54, 1.807) is 0 Å². The Bertz CT molecular complexity index is 458. The number of anilines is 1. The van der Waals surface area contributed by atoms with Crippen LogP contribution in [0.1, 0.15) is 16.8 Å². The highest BCUT2D eigenvalue weighted by molar-refractivity contribution is 5.94. The molecule has 3 nitrogen and oxygen atoms in total. The van der Waals surface area contributed by atoms with Gasteiger partial charge in [-0.3, -0.25) is 0 Å². The number of benzene rings is 1. The van der Waals surface area contributed by atoms with E-state index in [-0.39, 0.29) is 0 Å². The summed E-state index contributed by atoms with van der Waals surface area (Å²) in [6, 6.07) is 1.37. The first-order valence-corrected chi connectivity index (χ1v) is 4.74. The van der Waals surface area contributed by atoms with Gasteiger partial charge in [-0.05, 0) is 12.1 Å². The average molecular weight is 269 g/mol. The van der Waals surface area contributed by atoms with Gasteiger partial charge in [0.05, 0.1) is 17.7 Å². The molecule has 100 valence electrons. The van der Waals surface area contributed by atoms with Crippen LogP contribution < -0.4 is 5.32 Å². The SMILES string of the molecule is O=C(O)c1ccc(F)c(F)c1NCCC(F)(F)F. The summed E-state index contributed by atoms with van der Waals surface area (Å²) in [7, 11) is 0. The van der Waals surface area contributed by atoms with Crippen LogP contribution in [0, 0.1) is 11.6 Å². The van der Waals surface area contributed by atoms with Crippen molar-refractivity contribution in [3.05, 3.63) is 29.3 Å². The van der Waals surface area contributed by atoms with Gasteiger partial charge < -0.3 is 10.4 Å². The van der Waals surface area contributed by atoms with Gasteiger partial charge in [-0.1, -0.05) is 0 Å². The van der Waals surface area contributed by atoms with Crippen LogP contribution in [-0.4, -0.2) is 23.8 Å². The Labute approximate surface area is 98.2 Å². The zero-order chi connectivity index (χ0) is 13.9. The number of nitrogens with one attached hydrogen (secondary N) is 1. The van der Waals surface area contributed by atoms with Crippen molar-refractivity contribution in [2.24, 2.45) is 0 Å². The molecule has 0 heterocycles. The van der Waals surface area contributed by atoms with E-state index >= 15 is 0 Å². The third-order valence-corrected chi connectivity index (χ3v) is 2.04. The molecule has 0 aromatic heterocycles. The van der Waals surface area contributed by atoms with E-state index in [0.717, 1.165) is 6.07 Å². The maximum Gasteiger partial charge on any atom is 0.390 e. The third-order valence-electron chi connectivity index (χ3n) is 2.04. The predicted molar refractivity (Wildman–Crippen MR) is 52.5 cm³/mol. The molecule has 0 fully saturated rings. The molecule has 18 heavy (non-hydrogen) atoms. The molecule has 0 unspecified atom stereocenters. The number of carboxylic acids is 1. The predicted octanol–water partition coefficient (Wildman–Crippen LogP) is 3.03. The van der Waals surface area contributed by atoms with Crippen LogP contribution in [0.15, 0.2) is 12.1 Å². The van der Waals surface area contributed by atoms with Crippen LogP contribution in [0.3, 0.4) is 0 Å². The zero-order valence-corrected chi connectivity index (χ0v) is 8.81. The second-order valence-corrected chi connectivity index (χ2v) is 3.38. The normalized spacial score (nSPS) is 11.4. The highest BCUT2D eigenvalue weighted by atomic mass is 19.4. The molecule has 1 aromatic carbocycles. The molecule has 0 radical (unpaired) electrons. The van der Waals surface area contributed by atoms with Crippen molar-refractivity contribution >= 4 is 11.7 Å². The van der Waals surface area contributed by atoms with Crippen molar-refractivity contribution < 1.29 is 31.9 Å². The molecule has 0 spiro atoms. The lowest BCUT2D eigenvalue weighted by atomic mass is 10.1. The van der Waals surface area contributed by atoms with Crippen LogP contribution in [0.5, 0.6) is 0 Å². The lowest BCUT2D eigenvalue weighted by Crippen LogP contribution is -2.17. The van der Waals surface area contributed by atoms with Crippen LogP contribution in [0.4, 0.5) is 27.6 Å². The number of hydrogen-bond donors (Lipinski definition) is 2. The number of alkyl halides is 3. The molecule has 0 aliphatic heterocycles. The first kappa shape index (κ1) is 14.2. The minimum absolute atomic E-state index is 0.591. The number of rotatable bonds is 4. The van der Waals surface area contributed by atoms with Gasteiger partial charge in [-0.2, -0.15) is 13.2 Å². The summed E-state index contributed by atoms with van der Waals surface area (Å²) in [5.74, 6) is -4.42. The van der Waals surface area contributed by atoms with Crippen LogP contribution in [0.2, 0.25) is 0 Å². The van der Waals surface area contributed by atoms with Crippen molar-refractivity contribution in [1.82, 2.24) is 0 Å². The average Bonchev–Trinajstić information content (AvgIpc) is 2.22. The van der Waals surface area contributed by atoms with E-state index in [1.807, 2.05) is 5.32 Å². The monoisotopic (exact) mass is 269 g/mol. The fourth-order valence-corrected chi connectivity index (χ4v) is 1.23. The molecule has 0 saturated heterocycles. The van der Waals surface area contributed by atoms with Gasteiger partial charge in [0.25, 0.3) is 0 Å². The lowest BCUT2D eigenvalue weighted by molar-refractivity contribution is -0.131. The number of aromatic carboxylic acids is 1. The van der Waals surface area contributed by atoms with Crippen LogP contribution in [0.25, 0.3) is 0 Å². The third kappa shape index (κ3) is 3.57. The van der Waals surface area contributed by atoms with Crippen molar-refractivity contribution in [3.63, 3.8) is 0 Å². The van der Waals surface area contributed by atoms with Crippen LogP contribution in [-0.2, 0) is 0 Å². The Morgan fingerprint density at radius 3 is 2.39 bits per heavy atom. The van der Waals surface area contributed by atoms with Crippen molar-refractivity contribution in [2.75, 3.05) is 11.9 Å². The van der Waals surface area contributed by atoms with Gasteiger partial charge >= 0.3 is 12.1 Å². The van der Waals surface area contributed by atoms with Gasteiger partial charge in [0.1, 0.15) is 0 Å². The van der Waals surface area contributed by atoms with Crippen molar-refractivity contribution in [1.29, 1.82) is 0 Å². The maximum atomic E-state index is 13.3. The Hall–Kier alpha value is -1.86. The number of carbonyl (C=O) groups is 1. The summed E-state index contributed by atoms with van der Waals surface area (Å²) in [6.07, 6.45) is -5.76. The highest BCUT2D eigenvalue weighted by Crippen LogP contribution is 2.24. The zero-order valence-electron chi connectivity index (χ0n) is 8.81. The lowest BCUT2D eigenvalue weighted by Gasteiger charge is -2.12. The van der Waals surface area contributed by atoms with Crippen LogP contribution >= 0.6 is 0 Å². The Kier molecular flexibility index (Phi) is 4.10. The number of hydrogen-bond acceptors (Lipinski definition) is 2. The minimum Gasteiger partial charge on any atom is -0.478 e. The van der Waals surface area contributed by atoms with Gasteiger partial charge in [-0.15, -0.1) is 0 Å². The number of carboxylic acid groups (broad SMARTS) is 1. The maximum absolute atomic E-state index is 13.3. The molecular formula is C10H8F5NO2. The summed E-state index contributed by atoms with van der Waals surface area (Å²) in [4.78, 5) is 10.7. The van der Waals surface area contributed by atoms with E-state index in [9.17, 15) is 26.7 Å². The van der Waals surface area contributed by atoms with E-state index in [2.05, 4.69) is 0 Å². The van der Waals surface area contributed by atoms with Gasteiger partial charge in [0, 0.05) is 6.54 Å². The quantitative estimate of drug-likeness (QED) is 0.826. The van der Waals surface area contributed by atoms with Gasteiger partial charge in [0.15, 0.2) is 11.6 Å². The summed E-state index contributed by atoms with van der Waals surface area (Å²) in [5.41, 5.74) is -1.41. The van der Waals surface area contributed by atoms with Gasteiger partial charge in [0.2, 0.25) is 0 Å². The standard InChI is InChI=1S/C10H8F5NO2/c11-6-2-1-5(9(17)18)8(7(6)12)16-4-3-10(13,14)15/h1-2,16H,3-4H2,(H,17,18). The Morgan fingerprint density at radius 2 is 1.89 bits per heavy atom. The molecule has 0 saturated carbocycles. The molecule has 0 aliphatic rings. The summed E-state index contributed by atoms with van der Waals surface area (Å²) in [5, 5.41) is 10.6. The van der Waals surface area contributed by atoms with Crippen molar-refractivity contribution in [3.8, 4) is 0 Å². The molecule has 0 aliphatic carbocycles. The Balaban J connectivity index is 2.92. The van der Waals surface area contributed by atoms with Gasteiger partial charge in [-0.25, -0.2) is 13.6 Å². The molecule has 0 atom stereocenters. The molecule has 2 N–H and O–H groups in total. The summed E-state index contributed by atoms with van der Waals surface area (Å²) in [6.45, 7) is -0.746. The molecule has 0 bridgehead atoms. The molecule has 0 amide bonds.